The van der Waals surface area contributed by atoms with Gasteiger partial charge in [0.1, 0.15) is 24.0 Å². The molecule has 2 aromatic carbocycles. The van der Waals surface area contributed by atoms with E-state index in [0.717, 1.165) is 23.3 Å². The normalized spacial score (nSPS) is 11.3. The number of benzene rings is 2. The van der Waals surface area contributed by atoms with Crippen LogP contribution in [0.3, 0.4) is 0 Å². The Balaban J connectivity index is 1.63. The number of nitrogens with one attached hydrogen (secondary N) is 2. The van der Waals surface area contributed by atoms with E-state index in [1.807, 2.05) is 24.3 Å². The number of carbonyl (C=O) groups is 1. The fourth-order valence-electron chi connectivity index (χ4n) is 3.47. The summed E-state index contributed by atoms with van der Waals surface area (Å²) in [5.74, 6) is -1.02. The lowest BCUT2D eigenvalue weighted by Gasteiger charge is -2.18. The molecule has 0 aliphatic rings. The predicted octanol–water partition coefficient (Wildman–Crippen LogP) is 1.89. The first-order valence-electron chi connectivity index (χ1n) is 11.5. The van der Waals surface area contributed by atoms with Gasteiger partial charge in [0.05, 0.1) is 12.1 Å². The van der Waals surface area contributed by atoms with Crippen LogP contribution in [0.25, 0.3) is 0 Å². The summed E-state index contributed by atoms with van der Waals surface area (Å²) in [7, 11) is 1.65. The van der Waals surface area contributed by atoms with Crippen LogP contribution in [0, 0.1) is 18.6 Å². The molecule has 0 saturated heterocycles. The van der Waals surface area contributed by atoms with E-state index in [0.29, 0.717) is 30.0 Å². The predicted molar refractivity (Wildman–Crippen MR) is 136 cm³/mol. The molecular weight excluding hydrogens is 467 g/mol. The Morgan fingerprint density at radius 1 is 1.08 bits per heavy atom. The number of aliphatic hydroxyl groups is 1. The largest absolute Gasteiger partial charge is 0.489 e. The highest BCUT2D eigenvalue weighted by atomic mass is 19.1. The molecule has 2 amide bonds. The lowest BCUT2D eigenvalue weighted by molar-refractivity contribution is 0.0819. The summed E-state index contributed by atoms with van der Waals surface area (Å²) in [4.78, 5) is 24.8. The van der Waals surface area contributed by atoms with Crippen molar-refractivity contribution < 1.29 is 23.4 Å². The van der Waals surface area contributed by atoms with Crippen molar-refractivity contribution in [1.29, 1.82) is 0 Å². The number of aromatic nitrogens is 1. The average Bonchev–Trinajstić information content (AvgIpc) is 2.81. The number of ether oxygens (including phenoxy) is 1. The van der Waals surface area contributed by atoms with Gasteiger partial charge in [-0.25, -0.2) is 13.6 Å². The minimum Gasteiger partial charge on any atom is -0.489 e. The Kier molecular flexibility index (Phi) is 8.52. The van der Waals surface area contributed by atoms with Crippen LogP contribution in [-0.4, -0.2) is 35.7 Å². The van der Waals surface area contributed by atoms with Gasteiger partial charge >= 0.3 is 6.03 Å². The molecule has 10 heteroatoms. The molecule has 3 aromatic rings. The van der Waals surface area contributed by atoms with E-state index in [1.54, 1.807) is 39.3 Å². The third kappa shape index (κ3) is 7.42. The summed E-state index contributed by atoms with van der Waals surface area (Å²) in [6.45, 7) is 5.68. The fraction of sp³-hybridized carbons (Fsp3) is 0.308. The number of aryl methyl sites for hydroxylation is 1. The smallest absolute Gasteiger partial charge is 0.315 e. The second-order valence-corrected chi connectivity index (χ2v) is 9.36. The molecular formula is C26H30BF2N3O4. The van der Waals surface area contributed by atoms with Crippen molar-refractivity contribution in [2.24, 2.45) is 0 Å². The Morgan fingerprint density at radius 2 is 1.75 bits per heavy atom. The van der Waals surface area contributed by atoms with E-state index < -0.39 is 17.2 Å². The van der Waals surface area contributed by atoms with E-state index in [9.17, 15) is 23.5 Å². The Bertz CT molecular complexity index is 1290. The summed E-state index contributed by atoms with van der Waals surface area (Å²) in [5.41, 5.74) is 1.83. The maximum atomic E-state index is 13.9. The van der Waals surface area contributed by atoms with E-state index in [-0.39, 0.29) is 30.3 Å². The van der Waals surface area contributed by atoms with Crippen LogP contribution < -0.4 is 26.4 Å². The van der Waals surface area contributed by atoms with Gasteiger partial charge in [-0.15, -0.1) is 0 Å². The van der Waals surface area contributed by atoms with Gasteiger partial charge in [-0.3, -0.25) is 4.79 Å². The molecule has 0 spiro atoms. The average molecular weight is 497 g/mol. The van der Waals surface area contributed by atoms with Gasteiger partial charge in [-0.1, -0.05) is 24.3 Å². The highest BCUT2D eigenvalue weighted by molar-refractivity contribution is 6.33. The summed E-state index contributed by atoms with van der Waals surface area (Å²) in [6.07, 6.45) is 0. The molecule has 36 heavy (non-hydrogen) atoms. The number of nitrogens with zero attached hydrogens (tertiary/aromatic N) is 1. The second kappa shape index (κ2) is 11.4. The van der Waals surface area contributed by atoms with Crippen molar-refractivity contribution in [3.05, 3.63) is 92.9 Å². The summed E-state index contributed by atoms with van der Waals surface area (Å²) >= 11 is 0. The standard InChI is InChI=1S/C26H30BF2N3O4/c1-16-10-22(36-14-19-8-9-20(28)11-21(19)29)23(27)24(33)32(16)13-18-6-4-17(5-7-18)12-30-25(34)31-15-26(2,3)35/h4-11,35H,12-15,27H2,1-3H3,(H2,30,31,34). The summed E-state index contributed by atoms with van der Waals surface area (Å²) in [6, 6.07) is 12.1. The number of amides is 2. The molecule has 0 aliphatic carbocycles. The minimum atomic E-state index is -0.988. The van der Waals surface area contributed by atoms with E-state index >= 15 is 0 Å². The maximum Gasteiger partial charge on any atom is 0.315 e. The molecule has 3 N–H and O–H groups in total. The molecule has 3 rings (SSSR count). The molecule has 1 heterocycles. The molecule has 0 radical (unpaired) electrons. The third-order valence-electron chi connectivity index (χ3n) is 5.60. The Labute approximate surface area is 209 Å². The topological polar surface area (TPSA) is 92.6 Å². The summed E-state index contributed by atoms with van der Waals surface area (Å²) in [5, 5.41) is 15.0. The number of hydrogen-bond acceptors (Lipinski definition) is 4. The van der Waals surface area contributed by atoms with Gasteiger partial charge in [0.25, 0.3) is 0 Å². The number of halogens is 2. The lowest BCUT2D eigenvalue weighted by atomic mass is 9.96. The van der Waals surface area contributed by atoms with Gasteiger partial charge in [0.15, 0.2) is 7.85 Å². The molecule has 7 nitrogen and oxygen atoms in total. The van der Waals surface area contributed by atoms with Crippen LogP contribution in [0.1, 0.15) is 36.2 Å². The van der Waals surface area contributed by atoms with E-state index in [2.05, 4.69) is 10.6 Å². The molecule has 0 saturated carbocycles. The van der Waals surface area contributed by atoms with Crippen LogP contribution in [-0.2, 0) is 19.7 Å². The number of urea groups is 1. The van der Waals surface area contributed by atoms with Gasteiger partial charge < -0.3 is 25.0 Å². The monoisotopic (exact) mass is 497 g/mol. The second-order valence-electron chi connectivity index (χ2n) is 9.36. The molecule has 0 atom stereocenters. The van der Waals surface area contributed by atoms with E-state index in [1.165, 1.54) is 6.07 Å². The highest BCUT2D eigenvalue weighted by Crippen LogP contribution is 2.15. The van der Waals surface area contributed by atoms with Crippen LogP contribution in [0.2, 0.25) is 0 Å². The first-order chi connectivity index (χ1) is 16.9. The minimum absolute atomic E-state index is 0.124. The van der Waals surface area contributed by atoms with Crippen LogP contribution >= 0.6 is 0 Å². The number of carbonyl (C=O) groups excluding carboxylic acids is 1. The first kappa shape index (κ1) is 26.9. The molecule has 0 bridgehead atoms. The van der Waals surface area contributed by atoms with E-state index in [4.69, 9.17) is 4.74 Å². The van der Waals surface area contributed by atoms with Crippen molar-refractivity contribution in [3.63, 3.8) is 0 Å². The van der Waals surface area contributed by atoms with Gasteiger partial charge in [0.2, 0.25) is 5.56 Å². The number of rotatable bonds is 9. The highest BCUT2D eigenvalue weighted by Gasteiger charge is 2.14. The van der Waals surface area contributed by atoms with Crippen molar-refractivity contribution in [1.82, 2.24) is 15.2 Å². The maximum absolute atomic E-state index is 13.9. The Morgan fingerprint density at radius 3 is 2.39 bits per heavy atom. The molecule has 190 valence electrons. The molecule has 0 unspecified atom stereocenters. The first-order valence-corrected chi connectivity index (χ1v) is 11.5. The zero-order valence-electron chi connectivity index (χ0n) is 20.8. The molecule has 0 fully saturated rings. The van der Waals surface area contributed by atoms with Crippen molar-refractivity contribution >= 4 is 19.3 Å². The SMILES string of the molecule is Bc1c(OCc2ccc(F)cc2F)cc(C)n(Cc2ccc(CNC(=O)NCC(C)(C)O)cc2)c1=O. The zero-order valence-corrected chi connectivity index (χ0v) is 20.8. The van der Waals surface area contributed by atoms with Crippen molar-refractivity contribution in [2.75, 3.05) is 6.54 Å². The number of pyridine rings is 1. The van der Waals surface area contributed by atoms with Crippen LogP contribution in [0.4, 0.5) is 13.6 Å². The molecule has 1 aromatic heterocycles. The summed E-state index contributed by atoms with van der Waals surface area (Å²) < 4.78 is 34.3. The van der Waals surface area contributed by atoms with Crippen molar-refractivity contribution in [2.45, 2.75) is 46.1 Å². The van der Waals surface area contributed by atoms with Crippen molar-refractivity contribution in [3.8, 4) is 5.75 Å². The zero-order chi connectivity index (χ0) is 26.5. The molecule has 0 aliphatic heterocycles. The van der Waals surface area contributed by atoms with Crippen LogP contribution in [0.15, 0.2) is 53.3 Å². The van der Waals surface area contributed by atoms with Crippen LogP contribution in [0.5, 0.6) is 5.75 Å². The quantitative estimate of drug-likeness (QED) is 0.394. The third-order valence-corrected chi connectivity index (χ3v) is 5.60. The van der Waals surface area contributed by atoms with Gasteiger partial charge in [-0.05, 0) is 50.1 Å². The Hall–Kier alpha value is -3.66. The fourth-order valence-corrected chi connectivity index (χ4v) is 3.47. The lowest BCUT2D eigenvalue weighted by Crippen LogP contribution is -2.43. The van der Waals surface area contributed by atoms with Gasteiger partial charge in [-0.2, -0.15) is 0 Å². The van der Waals surface area contributed by atoms with Gasteiger partial charge in [0, 0.05) is 35.9 Å². The number of hydrogen-bond donors (Lipinski definition) is 3.